The van der Waals surface area contributed by atoms with E-state index >= 15 is 0 Å². The molecule has 0 unspecified atom stereocenters. The second kappa shape index (κ2) is 10.7. The summed E-state index contributed by atoms with van der Waals surface area (Å²) in [6, 6.07) is 13.3. The summed E-state index contributed by atoms with van der Waals surface area (Å²) in [4.78, 5) is 12.1. The normalized spacial score (nSPS) is 14.1. The molecule has 1 saturated heterocycles. The molecule has 0 bridgehead atoms. The van der Waals surface area contributed by atoms with Gasteiger partial charge in [-0.3, -0.25) is 5.41 Å². The summed E-state index contributed by atoms with van der Waals surface area (Å²) in [5.41, 5.74) is 9.65. The highest BCUT2D eigenvalue weighted by Crippen LogP contribution is 2.24. The third-order valence-corrected chi connectivity index (χ3v) is 5.14. The maximum atomic E-state index is 12.1. The van der Waals surface area contributed by atoms with E-state index in [4.69, 9.17) is 15.9 Å². The molecule has 156 valence electrons. The number of nitrogen functional groups attached to an aromatic ring is 1. The average Bonchev–Trinajstić information content (AvgIpc) is 2.73. The Morgan fingerprint density at radius 3 is 2.59 bits per heavy atom. The lowest BCUT2D eigenvalue weighted by atomic mass is 9.97. The molecule has 0 radical (unpaired) electrons. The molecular weight excluding hydrogens is 364 g/mol. The zero-order chi connectivity index (χ0) is 19.9. The van der Waals surface area contributed by atoms with Crippen LogP contribution in [0.3, 0.4) is 0 Å². The first kappa shape index (κ1) is 22.6. The number of esters is 1. The topological polar surface area (TPSA) is 100 Å². The second-order valence-electron chi connectivity index (χ2n) is 7.23. The first-order valence-corrected chi connectivity index (χ1v) is 9.65. The van der Waals surface area contributed by atoms with Crippen LogP contribution in [-0.2, 0) is 11.3 Å². The van der Waals surface area contributed by atoms with Crippen LogP contribution in [0.25, 0.3) is 11.1 Å². The summed E-state index contributed by atoms with van der Waals surface area (Å²) in [6.45, 7) is 3.83. The summed E-state index contributed by atoms with van der Waals surface area (Å²) >= 11 is 0. The molecule has 0 aromatic heterocycles. The van der Waals surface area contributed by atoms with Gasteiger partial charge in [-0.15, -0.1) is 0 Å². The zero-order valence-corrected chi connectivity index (χ0v) is 16.3. The Labute approximate surface area is 173 Å². The van der Waals surface area contributed by atoms with Gasteiger partial charge >= 0.3 is 5.97 Å². The average molecular weight is 397 g/mol. The van der Waals surface area contributed by atoms with Gasteiger partial charge in [-0.2, -0.15) is 0 Å². The number of nitrogens with one attached hydrogen (secondary N) is 3. The molecule has 6 heteroatoms. The first-order chi connectivity index (χ1) is 13.6. The molecule has 3 rings (SSSR count). The predicted molar refractivity (Wildman–Crippen MR) is 118 cm³/mol. The van der Waals surface area contributed by atoms with Crippen LogP contribution in [0.15, 0.2) is 42.5 Å². The molecule has 1 fully saturated rings. The van der Waals surface area contributed by atoms with Crippen molar-refractivity contribution < 1.29 is 9.53 Å². The molecule has 1 heterocycles. The monoisotopic (exact) mass is 396 g/mol. The largest absolute Gasteiger partial charge is 0.465 e. The van der Waals surface area contributed by atoms with Crippen molar-refractivity contribution in [3.8, 4) is 11.1 Å². The maximum Gasteiger partial charge on any atom is 0.337 e. The lowest BCUT2D eigenvalue weighted by Crippen LogP contribution is -2.33. The Kier molecular flexibility index (Phi) is 8.36. The van der Waals surface area contributed by atoms with Gasteiger partial charge < -0.3 is 21.1 Å². The van der Waals surface area contributed by atoms with Crippen LogP contribution in [0.1, 0.15) is 41.8 Å². The van der Waals surface area contributed by atoms with E-state index in [0.29, 0.717) is 23.6 Å². The van der Waals surface area contributed by atoms with E-state index in [0.717, 1.165) is 36.3 Å². The van der Waals surface area contributed by atoms with Crippen LogP contribution in [-0.4, -0.2) is 38.5 Å². The van der Waals surface area contributed by atoms with Gasteiger partial charge in [-0.05, 0) is 79.3 Å². The number of amidine groups is 1. The van der Waals surface area contributed by atoms with Gasteiger partial charge in [0.15, 0.2) is 0 Å². The van der Waals surface area contributed by atoms with E-state index in [2.05, 4.69) is 16.7 Å². The molecule has 0 saturated carbocycles. The summed E-state index contributed by atoms with van der Waals surface area (Å²) < 4.78 is 4.92. The van der Waals surface area contributed by atoms with Gasteiger partial charge in [0, 0.05) is 12.1 Å². The number of benzene rings is 2. The van der Waals surface area contributed by atoms with E-state index in [9.17, 15) is 4.79 Å². The minimum Gasteiger partial charge on any atom is -0.465 e. The molecule has 29 heavy (non-hydrogen) atoms. The molecule has 1 aliphatic heterocycles. The minimum atomic E-state index is -0.357. The van der Waals surface area contributed by atoms with Crippen molar-refractivity contribution in [3.05, 3.63) is 59.2 Å². The van der Waals surface area contributed by atoms with Gasteiger partial charge in [0.2, 0.25) is 0 Å². The third-order valence-electron chi connectivity index (χ3n) is 5.14. The predicted octanol–water partition coefficient (Wildman–Crippen LogP) is 3.15. The lowest BCUT2D eigenvalue weighted by Gasteiger charge is -2.23. The Balaban J connectivity index is 0.00000300. The van der Waals surface area contributed by atoms with Gasteiger partial charge in [0.05, 0.1) is 12.7 Å². The Hall–Kier alpha value is -2.70. The summed E-state index contributed by atoms with van der Waals surface area (Å²) in [5.74, 6) is 0.357. The van der Waals surface area contributed by atoms with Crippen LogP contribution in [0.4, 0.5) is 0 Å². The highest BCUT2D eigenvalue weighted by molar-refractivity contribution is 5.96. The fourth-order valence-corrected chi connectivity index (χ4v) is 3.57. The molecule has 0 spiro atoms. The second-order valence-corrected chi connectivity index (χ2v) is 7.23. The number of piperidine rings is 1. The summed E-state index contributed by atoms with van der Waals surface area (Å²) in [5, 5.41) is 14.6. The highest BCUT2D eigenvalue weighted by atomic mass is 16.5. The number of ether oxygens (including phenoxy) is 1. The molecular formula is C23H32N4O2. The van der Waals surface area contributed by atoms with Gasteiger partial charge in [0.25, 0.3) is 0 Å². The number of methoxy groups -OCH3 is 1. The van der Waals surface area contributed by atoms with Crippen molar-refractivity contribution in [2.45, 2.75) is 26.8 Å². The SMILES string of the molecule is C.COC(=O)c1cc(CNCC2CCNCC2)cc(-c2cccc(C(=N)N)c2)c1. The lowest BCUT2D eigenvalue weighted by molar-refractivity contribution is 0.0600. The van der Waals surface area contributed by atoms with E-state index in [1.165, 1.54) is 20.0 Å². The maximum absolute atomic E-state index is 12.1. The number of hydrogen-bond donors (Lipinski definition) is 4. The highest BCUT2D eigenvalue weighted by Gasteiger charge is 2.14. The van der Waals surface area contributed by atoms with Crippen molar-refractivity contribution in [2.75, 3.05) is 26.7 Å². The first-order valence-electron chi connectivity index (χ1n) is 9.65. The summed E-state index contributed by atoms with van der Waals surface area (Å²) in [6.07, 6.45) is 2.39. The Morgan fingerprint density at radius 2 is 1.90 bits per heavy atom. The van der Waals surface area contributed by atoms with E-state index < -0.39 is 0 Å². The van der Waals surface area contributed by atoms with Gasteiger partial charge in [-0.25, -0.2) is 4.79 Å². The number of carbonyl (C=O) groups is 1. The molecule has 0 aliphatic carbocycles. The number of hydrogen-bond acceptors (Lipinski definition) is 5. The van der Waals surface area contributed by atoms with E-state index in [1.54, 1.807) is 6.07 Å². The third kappa shape index (κ3) is 6.14. The fourth-order valence-electron chi connectivity index (χ4n) is 3.57. The van der Waals surface area contributed by atoms with Crippen molar-refractivity contribution >= 4 is 11.8 Å². The van der Waals surface area contributed by atoms with Crippen LogP contribution in [0.2, 0.25) is 0 Å². The molecule has 1 aliphatic rings. The number of carbonyl (C=O) groups excluding carboxylic acids is 1. The van der Waals surface area contributed by atoms with Crippen LogP contribution in [0.5, 0.6) is 0 Å². The molecule has 5 N–H and O–H groups in total. The van der Waals surface area contributed by atoms with E-state index in [1.807, 2.05) is 30.3 Å². The van der Waals surface area contributed by atoms with Gasteiger partial charge in [0.1, 0.15) is 5.84 Å². The van der Waals surface area contributed by atoms with Gasteiger partial charge in [-0.1, -0.05) is 25.6 Å². The zero-order valence-electron chi connectivity index (χ0n) is 16.3. The smallest absolute Gasteiger partial charge is 0.337 e. The number of rotatable bonds is 7. The van der Waals surface area contributed by atoms with Crippen molar-refractivity contribution in [1.29, 1.82) is 5.41 Å². The van der Waals surface area contributed by atoms with Crippen LogP contribution >= 0.6 is 0 Å². The fraction of sp³-hybridized carbons (Fsp3) is 0.391. The van der Waals surface area contributed by atoms with E-state index in [-0.39, 0.29) is 19.2 Å². The van der Waals surface area contributed by atoms with Crippen LogP contribution in [0, 0.1) is 11.3 Å². The molecule has 2 aromatic rings. The standard InChI is InChI=1S/C22H28N4O2.CH4/c1-28-22(27)20-10-16(14-26-13-15-5-7-25-8-6-15)9-19(12-20)17-3-2-4-18(11-17)21(23)24;/h2-4,9-12,15,25-26H,5-8,13-14H2,1H3,(H3,23,24);1H4. The van der Waals surface area contributed by atoms with Crippen molar-refractivity contribution in [2.24, 2.45) is 11.7 Å². The molecule has 0 amide bonds. The van der Waals surface area contributed by atoms with Crippen molar-refractivity contribution in [3.63, 3.8) is 0 Å². The summed E-state index contributed by atoms with van der Waals surface area (Å²) in [7, 11) is 1.39. The van der Waals surface area contributed by atoms with Crippen molar-refractivity contribution in [1.82, 2.24) is 10.6 Å². The Bertz CT molecular complexity index is 845. The minimum absolute atomic E-state index is 0. The number of nitrogens with two attached hydrogens (primary N) is 1. The Morgan fingerprint density at radius 1 is 1.17 bits per heavy atom. The molecule has 2 aromatic carbocycles. The molecule has 0 atom stereocenters. The quantitative estimate of drug-likeness (QED) is 0.327. The molecule has 6 nitrogen and oxygen atoms in total. The van der Waals surface area contributed by atoms with Crippen LogP contribution < -0.4 is 16.4 Å².